The van der Waals surface area contributed by atoms with Gasteiger partial charge in [-0.1, -0.05) is 59.0 Å². The van der Waals surface area contributed by atoms with Gasteiger partial charge in [0, 0.05) is 49.6 Å². The maximum atomic E-state index is 15.5. The summed E-state index contributed by atoms with van der Waals surface area (Å²) in [7, 11) is 1.57. The molecule has 7 rings (SSSR count). The molecule has 12 heteroatoms. The quantitative estimate of drug-likeness (QED) is 0.217. The number of nitrogens with zero attached hydrogens (tertiary/aromatic N) is 2. The maximum Gasteiger partial charge on any atom is 0.246 e. The molecule has 0 aromatic rings. The van der Waals surface area contributed by atoms with Crippen molar-refractivity contribution in [2.45, 2.75) is 167 Å². The van der Waals surface area contributed by atoms with E-state index in [0.717, 1.165) is 77.2 Å². The van der Waals surface area contributed by atoms with Crippen molar-refractivity contribution in [3.63, 3.8) is 0 Å². The molecule has 5 amide bonds. The second-order valence-corrected chi connectivity index (χ2v) is 19.9. The molecule has 4 aliphatic carbocycles. The van der Waals surface area contributed by atoms with Crippen molar-refractivity contribution in [2.75, 3.05) is 33.4 Å². The number of likely N-dealkylation sites (tertiary alicyclic amines) is 2. The van der Waals surface area contributed by atoms with Crippen LogP contribution in [0.5, 0.6) is 0 Å². The molecule has 7 fully saturated rings. The number of rotatable bonds is 12. The molecule has 56 heavy (non-hydrogen) atoms. The van der Waals surface area contributed by atoms with E-state index >= 15 is 4.79 Å². The zero-order valence-corrected chi connectivity index (χ0v) is 35.1. The first kappa shape index (κ1) is 41.2. The van der Waals surface area contributed by atoms with E-state index in [1.165, 1.54) is 0 Å². The van der Waals surface area contributed by atoms with Crippen LogP contribution in [0.4, 0.5) is 0 Å². The summed E-state index contributed by atoms with van der Waals surface area (Å²) >= 11 is 0. The van der Waals surface area contributed by atoms with Crippen LogP contribution in [0, 0.1) is 33.5 Å². The van der Waals surface area contributed by atoms with Gasteiger partial charge in [-0.2, -0.15) is 0 Å². The minimum Gasteiger partial charge on any atom is -0.381 e. The molecule has 0 aromatic carbocycles. The van der Waals surface area contributed by atoms with Gasteiger partial charge in [0.1, 0.15) is 23.7 Å². The third-order valence-electron chi connectivity index (χ3n) is 16.8. The Labute approximate surface area is 334 Å². The van der Waals surface area contributed by atoms with Crippen LogP contribution in [0.3, 0.4) is 0 Å². The van der Waals surface area contributed by atoms with Crippen LogP contribution in [-0.2, 0) is 28.7 Å². The lowest BCUT2D eigenvalue weighted by Crippen LogP contribution is -2.64. The summed E-state index contributed by atoms with van der Waals surface area (Å²) in [6.07, 6.45) is 14.7. The number of piperidine rings is 1. The number of likely N-dealkylation sites (N-methyl/N-ethyl adjacent to an activating group) is 1. The Bertz CT molecular complexity index is 1560. The van der Waals surface area contributed by atoms with Crippen molar-refractivity contribution in [3.05, 3.63) is 12.7 Å². The fourth-order valence-electron chi connectivity index (χ4n) is 12.7. The van der Waals surface area contributed by atoms with Crippen molar-refractivity contribution in [1.82, 2.24) is 31.1 Å². The SMILES string of the molecule is C=C[C@@H]1C[C@]1(NC(=O)[C@@H]1CC2(CN1C(=O)[C@@H](NC(=O)C(NC(=O)[C@@H]1CCCCN1C(C)C)C1CCCCC1)C1(C)CCOCC1)C(C)(C)C21CCC1)C(=O)NC. The van der Waals surface area contributed by atoms with E-state index in [9.17, 15) is 19.2 Å². The minimum atomic E-state index is -1.08. The third-order valence-corrected chi connectivity index (χ3v) is 16.8. The zero-order chi connectivity index (χ0) is 40.3. The Morgan fingerprint density at radius 2 is 1.48 bits per heavy atom. The van der Waals surface area contributed by atoms with Crippen molar-refractivity contribution < 1.29 is 28.7 Å². The lowest BCUT2D eigenvalue weighted by atomic mass is 9.73. The van der Waals surface area contributed by atoms with E-state index in [1.54, 1.807) is 18.0 Å². The van der Waals surface area contributed by atoms with Gasteiger partial charge in [-0.25, -0.2) is 0 Å². The second-order valence-electron chi connectivity index (χ2n) is 19.9. The molecule has 7 atom stereocenters. The molecular formula is C44H70N6O6. The molecule has 0 aromatic heterocycles. The van der Waals surface area contributed by atoms with Gasteiger partial charge in [-0.05, 0) is 101 Å². The number of hydrogen-bond donors (Lipinski definition) is 4. The molecule has 2 unspecified atom stereocenters. The summed E-state index contributed by atoms with van der Waals surface area (Å²) in [5.41, 5.74) is -1.95. The van der Waals surface area contributed by atoms with Gasteiger partial charge in [-0.15, -0.1) is 6.58 Å². The predicted octanol–water partition coefficient (Wildman–Crippen LogP) is 4.22. The van der Waals surface area contributed by atoms with Gasteiger partial charge in [0.15, 0.2) is 0 Å². The summed E-state index contributed by atoms with van der Waals surface area (Å²) in [6, 6.07) is -2.57. The maximum absolute atomic E-state index is 15.5. The summed E-state index contributed by atoms with van der Waals surface area (Å²) in [5.74, 6) is -1.48. The topological polar surface area (TPSA) is 149 Å². The number of ether oxygens (including phenoxy) is 1. The van der Waals surface area contributed by atoms with Crippen molar-refractivity contribution >= 4 is 29.5 Å². The predicted molar refractivity (Wildman–Crippen MR) is 214 cm³/mol. The van der Waals surface area contributed by atoms with E-state index in [-0.39, 0.29) is 69.7 Å². The first-order valence-electron chi connectivity index (χ1n) is 22.0. The molecule has 312 valence electrons. The average Bonchev–Trinajstić information content (AvgIpc) is 3.90. The van der Waals surface area contributed by atoms with E-state index < -0.39 is 29.1 Å². The molecule has 0 bridgehead atoms. The van der Waals surface area contributed by atoms with Crippen LogP contribution in [-0.4, -0.2) is 108 Å². The highest BCUT2D eigenvalue weighted by Gasteiger charge is 2.85. The fourth-order valence-corrected chi connectivity index (χ4v) is 12.7. The van der Waals surface area contributed by atoms with Crippen LogP contribution in [0.1, 0.15) is 131 Å². The Morgan fingerprint density at radius 1 is 0.804 bits per heavy atom. The number of hydrogen-bond acceptors (Lipinski definition) is 7. The fraction of sp³-hybridized carbons (Fsp3) is 0.841. The lowest BCUT2D eigenvalue weighted by Gasteiger charge is -2.43. The van der Waals surface area contributed by atoms with E-state index in [1.807, 2.05) is 0 Å². The van der Waals surface area contributed by atoms with Crippen molar-refractivity contribution in [1.29, 1.82) is 0 Å². The Morgan fingerprint density at radius 3 is 2.05 bits per heavy atom. The molecule has 0 radical (unpaired) electrons. The average molecular weight is 779 g/mol. The van der Waals surface area contributed by atoms with Crippen molar-refractivity contribution in [3.8, 4) is 0 Å². The van der Waals surface area contributed by atoms with Crippen molar-refractivity contribution in [2.24, 2.45) is 33.5 Å². The van der Waals surface area contributed by atoms with Crippen LogP contribution < -0.4 is 21.3 Å². The molecule has 4 saturated carbocycles. The summed E-state index contributed by atoms with van der Waals surface area (Å²) in [4.78, 5) is 76.4. The molecule has 2 spiro atoms. The van der Waals surface area contributed by atoms with Crippen LogP contribution in [0.15, 0.2) is 12.7 Å². The largest absolute Gasteiger partial charge is 0.381 e. The monoisotopic (exact) mass is 779 g/mol. The summed E-state index contributed by atoms with van der Waals surface area (Å²) in [6.45, 7) is 17.0. The van der Waals surface area contributed by atoms with Gasteiger partial charge >= 0.3 is 0 Å². The highest BCUT2D eigenvalue weighted by atomic mass is 16.5. The van der Waals surface area contributed by atoms with E-state index in [4.69, 9.17) is 4.74 Å². The van der Waals surface area contributed by atoms with Gasteiger partial charge in [0.05, 0.1) is 6.04 Å². The first-order chi connectivity index (χ1) is 26.6. The van der Waals surface area contributed by atoms with Crippen LogP contribution in [0.25, 0.3) is 0 Å². The number of amides is 5. The molecule has 3 saturated heterocycles. The number of fused-ring (bicyclic) bond motifs is 1. The number of carbonyl (C=O) groups is 5. The molecular weight excluding hydrogens is 709 g/mol. The van der Waals surface area contributed by atoms with E-state index in [2.05, 4.69) is 67.4 Å². The van der Waals surface area contributed by atoms with Gasteiger partial charge in [0.2, 0.25) is 29.5 Å². The zero-order valence-electron chi connectivity index (χ0n) is 35.1. The summed E-state index contributed by atoms with van der Waals surface area (Å²) < 4.78 is 5.80. The van der Waals surface area contributed by atoms with E-state index in [0.29, 0.717) is 45.4 Å². The van der Waals surface area contributed by atoms with Crippen LogP contribution in [0.2, 0.25) is 0 Å². The Hall–Kier alpha value is -2.99. The normalized spacial score (nSPS) is 34.2. The van der Waals surface area contributed by atoms with Gasteiger partial charge in [0.25, 0.3) is 0 Å². The van der Waals surface area contributed by atoms with Gasteiger partial charge < -0.3 is 30.9 Å². The Balaban J connectivity index is 1.20. The molecule has 7 aliphatic rings. The third kappa shape index (κ3) is 6.60. The Kier molecular flexibility index (Phi) is 11.3. The lowest BCUT2D eigenvalue weighted by molar-refractivity contribution is -0.147. The number of nitrogens with one attached hydrogen (secondary N) is 4. The standard InChI is InChI=1S/C44H70N6O6/c1-8-30-25-44(30,39(55)45-7)48-36(52)32-26-43(40(4,5)42(43)18-14-19-42)27-50(32)38(54)34(41(6)20-23-56-24-21-41)47-37(53)33(29-15-10-9-11-16-29)46-35(51)31-17-12-13-22-49(31)28(2)3/h8,28-34H,1,9-27H2,2-7H3,(H,45,55)(H,46,51)(H,47,53)(H,48,52)/t30-,31+,32+,33?,34-,43?,44-/m1/s1. The first-order valence-corrected chi connectivity index (χ1v) is 22.0. The second kappa shape index (κ2) is 15.3. The molecule has 3 heterocycles. The smallest absolute Gasteiger partial charge is 0.246 e. The summed E-state index contributed by atoms with van der Waals surface area (Å²) in [5, 5.41) is 12.4. The molecule has 3 aliphatic heterocycles. The van der Waals surface area contributed by atoms with Gasteiger partial charge in [-0.3, -0.25) is 28.9 Å². The van der Waals surface area contributed by atoms with Crippen LogP contribution >= 0.6 is 0 Å². The molecule has 12 nitrogen and oxygen atoms in total. The highest BCUT2D eigenvalue weighted by Crippen LogP contribution is 2.88. The molecule has 4 N–H and O–H groups in total. The highest BCUT2D eigenvalue weighted by molar-refractivity contribution is 5.99. The number of carbonyl (C=O) groups excluding carboxylic acids is 5. The minimum absolute atomic E-state index is 0.0291.